The van der Waals surface area contributed by atoms with Crippen LogP contribution in [0.15, 0.2) is 71.8 Å². The van der Waals surface area contributed by atoms with Gasteiger partial charge in [-0.05, 0) is 82.2 Å². The van der Waals surface area contributed by atoms with Crippen molar-refractivity contribution in [1.82, 2.24) is 5.32 Å². The molecule has 3 saturated carbocycles. The van der Waals surface area contributed by atoms with E-state index in [1.54, 1.807) is 102 Å². The molecule has 2 aromatic rings. The summed E-state index contributed by atoms with van der Waals surface area (Å²) in [6, 6.07) is 15.0. The number of Topliss-reactive ketones (excluding diaryl/α,β-unsaturated/α-hetero) is 1. The molecule has 1 amide bonds. The van der Waals surface area contributed by atoms with E-state index in [0.717, 1.165) is 0 Å². The maximum atomic E-state index is 15.3. The van der Waals surface area contributed by atoms with Gasteiger partial charge in [-0.25, -0.2) is 14.4 Å². The number of aliphatic hydroxyl groups is 3. The van der Waals surface area contributed by atoms with E-state index < -0.39 is 106 Å². The number of carbonyl (C=O) groups excluding carboxylic acids is 5. The first-order valence-electron chi connectivity index (χ1n) is 19.7. The van der Waals surface area contributed by atoms with E-state index in [1.165, 1.54) is 13.8 Å². The molecule has 1 spiro atoms. The Bertz CT molecular complexity index is 2040. The predicted molar refractivity (Wildman–Crippen MR) is 205 cm³/mol. The molecule has 1 heterocycles. The topological polar surface area (TPSA) is 204 Å². The van der Waals surface area contributed by atoms with E-state index in [4.69, 9.17) is 23.7 Å². The van der Waals surface area contributed by atoms with Gasteiger partial charge >= 0.3 is 24.0 Å². The number of esters is 3. The van der Waals surface area contributed by atoms with Crippen LogP contribution in [-0.2, 0) is 38.1 Å². The van der Waals surface area contributed by atoms with Crippen LogP contribution < -0.4 is 5.32 Å². The summed E-state index contributed by atoms with van der Waals surface area (Å²) in [4.78, 5) is 69.4. The standard InChI is InChI=1S/C44H53NO13/c1-23-28(55-36(49)31(47)30(25-15-11-9-12-16-25)45-38(51)58-39(3,4)5)21-44(53)34(56-35(48)26-17-13-10-14-18-26)33-42(37(50)41(8,52)32(23)40(44,6)7)20-27(42)19-29-43(33,22-54-29)57-24(2)46/h9-18,27-31,33-34,47,52-53H,19-22H2,1-8H3,(H,45,51)/t27-,28+,29-,30+,31-,33+,34+,41-,42-,43+,44-/m1/s1. The quantitative estimate of drug-likeness (QED) is 0.167. The maximum Gasteiger partial charge on any atom is 0.408 e. The Morgan fingerprint density at radius 1 is 0.931 bits per heavy atom. The van der Waals surface area contributed by atoms with Gasteiger partial charge in [-0.3, -0.25) is 9.59 Å². The fraction of sp³-hybridized carbons (Fsp3) is 0.568. The lowest BCUT2D eigenvalue weighted by molar-refractivity contribution is -0.324. The van der Waals surface area contributed by atoms with Crippen molar-refractivity contribution in [2.45, 2.75) is 128 Å². The van der Waals surface area contributed by atoms with Crippen molar-refractivity contribution in [3.05, 3.63) is 82.9 Å². The zero-order chi connectivity index (χ0) is 42.4. The summed E-state index contributed by atoms with van der Waals surface area (Å²) in [5, 5.41) is 40.4. The maximum absolute atomic E-state index is 15.3. The molecule has 0 aromatic heterocycles. The Labute approximate surface area is 337 Å². The number of rotatable bonds is 8. The van der Waals surface area contributed by atoms with Crippen LogP contribution in [0.4, 0.5) is 4.79 Å². The van der Waals surface area contributed by atoms with Gasteiger partial charge in [-0.2, -0.15) is 0 Å². The Morgan fingerprint density at radius 3 is 2.12 bits per heavy atom. The number of hydrogen-bond donors (Lipinski definition) is 4. The number of fused-ring (bicyclic) bond motifs is 4. The minimum Gasteiger partial charge on any atom is -0.456 e. The minimum absolute atomic E-state index is 0.0604. The molecule has 14 nitrogen and oxygen atoms in total. The molecule has 1 aliphatic heterocycles. The Morgan fingerprint density at radius 2 is 1.55 bits per heavy atom. The molecular weight excluding hydrogens is 750 g/mol. The van der Waals surface area contributed by atoms with Gasteiger partial charge in [0.1, 0.15) is 35.1 Å². The first-order valence-corrected chi connectivity index (χ1v) is 19.7. The number of ketones is 1. The summed E-state index contributed by atoms with van der Waals surface area (Å²) in [7, 11) is 0. The van der Waals surface area contributed by atoms with Crippen LogP contribution in [-0.4, -0.2) is 98.5 Å². The number of carbonyl (C=O) groups is 5. The normalized spacial score (nSPS) is 35.5. The zero-order valence-corrected chi connectivity index (χ0v) is 34.1. The first kappa shape index (κ1) is 41.5. The second kappa shape index (κ2) is 14.0. The van der Waals surface area contributed by atoms with E-state index in [-0.39, 0.29) is 35.7 Å². The molecule has 0 radical (unpaired) electrons. The second-order valence-electron chi connectivity index (χ2n) is 18.3. The third kappa shape index (κ3) is 6.43. The van der Waals surface area contributed by atoms with E-state index in [1.807, 2.05) is 0 Å². The van der Waals surface area contributed by atoms with E-state index in [2.05, 4.69) is 5.32 Å². The molecular formula is C44H53NO13. The third-order valence-electron chi connectivity index (χ3n) is 13.2. The average Bonchev–Trinajstić information content (AvgIpc) is 3.87. The highest BCUT2D eigenvalue weighted by atomic mass is 16.6. The summed E-state index contributed by atoms with van der Waals surface area (Å²) in [5.74, 6) is -4.84. The second-order valence-corrected chi connectivity index (χ2v) is 18.3. The van der Waals surface area contributed by atoms with Crippen molar-refractivity contribution in [3.63, 3.8) is 0 Å². The lowest BCUT2D eigenvalue weighted by atomic mass is 9.46. The first-order chi connectivity index (χ1) is 27.0. The Balaban J connectivity index is 1.35. The van der Waals surface area contributed by atoms with Crippen LogP contribution in [0.5, 0.6) is 0 Å². The molecule has 2 bridgehead atoms. The summed E-state index contributed by atoms with van der Waals surface area (Å²) in [5.41, 5.74) is -9.05. The molecule has 0 unspecified atom stereocenters. The predicted octanol–water partition coefficient (Wildman–Crippen LogP) is 4.29. The third-order valence-corrected chi connectivity index (χ3v) is 13.2. The van der Waals surface area contributed by atoms with Crippen LogP contribution in [0.3, 0.4) is 0 Å². The molecule has 5 aliphatic rings. The molecule has 4 aliphatic carbocycles. The van der Waals surface area contributed by atoms with Crippen LogP contribution in [0, 0.1) is 22.7 Å². The van der Waals surface area contributed by atoms with Gasteiger partial charge in [0.15, 0.2) is 17.5 Å². The number of benzene rings is 2. The van der Waals surface area contributed by atoms with Gasteiger partial charge in [-0.1, -0.05) is 62.4 Å². The molecule has 58 heavy (non-hydrogen) atoms. The molecule has 4 fully saturated rings. The van der Waals surface area contributed by atoms with Gasteiger partial charge in [0, 0.05) is 24.2 Å². The fourth-order valence-corrected chi connectivity index (χ4v) is 10.7. The summed E-state index contributed by atoms with van der Waals surface area (Å²) < 4.78 is 30.0. The molecule has 11 atom stereocenters. The SMILES string of the molecule is CC(=O)O[C@@]12CO[C@@H]1C[C@@H]1C[C@@]13C(=O)[C@](C)(O)C1=C(C)[C@@H](OC(=O)[C@H](O)[C@@H](NC(=O)OC(C)(C)C)c4ccccc4)C[C@@](O)([C@@H](OC(=O)c4ccccc4)[C@H]23)C1(C)C. The molecule has 312 valence electrons. The molecule has 14 heteroatoms. The highest BCUT2D eigenvalue weighted by Gasteiger charge is 2.85. The van der Waals surface area contributed by atoms with Crippen molar-refractivity contribution < 1.29 is 63.0 Å². The van der Waals surface area contributed by atoms with Gasteiger partial charge in [-0.15, -0.1) is 0 Å². The van der Waals surface area contributed by atoms with E-state index in [0.29, 0.717) is 12.0 Å². The Kier molecular flexibility index (Phi) is 10.0. The van der Waals surface area contributed by atoms with Crippen LogP contribution in [0.25, 0.3) is 0 Å². The summed E-state index contributed by atoms with van der Waals surface area (Å²) >= 11 is 0. The number of aliphatic hydroxyl groups excluding tert-OH is 1. The number of alkyl carbamates (subject to hydrolysis) is 1. The zero-order valence-electron chi connectivity index (χ0n) is 34.1. The monoisotopic (exact) mass is 803 g/mol. The van der Waals surface area contributed by atoms with Crippen molar-refractivity contribution in [2.24, 2.45) is 22.7 Å². The summed E-state index contributed by atoms with van der Waals surface area (Å²) in [6.07, 6.45) is -6.44. The van der Waals surface area contributed by atoms with Crippen molar-refractivity contribution >= 4 is 29.8 Å². The van der Waals surface area contributed by atoms with Gasteiger partial charge in [0.05, 0.1) is 24.1 Å². The van der Waals surface area contributed by atoms with Gasteiger partial charge in [0.2, 0.25) is 0 Å². The number of ether oxygens (including phenoxy) is 5. The highest BCUT2D eigenvalue weighted by molar-refractivity contribution is 5.99. The number of nitrogens with one attached hydrogen (secondary N) is 1. The highest BCUT2D eigenvalue weighted by Crippen LogP contribution is 2.75. The molecule has 1 saturated heterocycles. The van der Waals surface area contributed by atoms with Gasteiger partial charge in [0.25, 0.3) is 0 Å². The van der Waals surface area contributed by atoms with Crippen LogP contribution in [0.2, 0.25) is 0 Å². The lowest BCUT2D eigenvalue weighted by Gasteiger charge is -2.65. The Hall–Kier alpha value is -4.63. The summed E-state index contributed by atoms with van der Waals surface area (Å²) in [6.45, 7) is 12.2. The van der Waals surface area contributed by atoms with Crippen molar-refractivity contribution in [3.8, 4) is 0 Å². The average molecular weight is 804 g/mol. The van der Waals surface area contributed by atoms with E-state index in [9.17, 15) is 34.5 Å². The number of amides is 1. The van der Waals surface area contributed by atoms with Crippen molar-refractivity contribution in [1.29, 1.82) is 0 Å². The van der Waals surface area contributed by atoms with Crippen LogP contribution in [0.1, 0.15) is 96.6 Å². The minimum atomic E-state index is -2.27. The largest absolute Gasteiger partial charge is 0.456 e. The fourth-order valence-electron chi connectivity index (χ4n) is 10.7. The molecule has 4 N–H and O–H groups in total. The number of hydrogen-bond acceptors (Lipinski definition) is 13. The van der Waals surface area contributed by atoms with Crippen LogP contribution >= 0.6 is 0 Å². The smallest absolute Gasteiger partial charge is 0.408 e. The molecule has 2 aromatic carbocycles. The lowest BCUT2D eigenvalue weighted by Crippen LogP contribution is -2.79. The van der Waals surface area contributed by atoms with E-state index >= 15 is 4.79 Å². The van der Waals surface area contributed by atoms with Gasteiger partial charge < -0.3 is 44.3 Å². The van der Waals surface area contributed by atoms with Crippen molar-refractivity contribution in [2.75, 3.05) is 6.61 Å². The molecule has 7 rings (SSSR count).